The molecule has 1 aromatic carbocycles. The number of non-ortho nitro benzene ring substituents is 1. The first-order valence-corrected chi connectivity index (χ1v) is 7.63. The van der Waals surface area contributed by atoms with Crippen LogP contribution in [0.2, 0.25) is 0 Å². The fourth-order valence-electron chi connectivity index (χ4n) is 2.88. The summed E-state index contributed by atoms with van der Waals surface area (Å²) >= 11 is 0. The van der Waals surface area contributed by atoms with Gasteiger partial charge < -0.3 is 14.6 Å². The van der Waals surface area contributed by atoms with Gasteiger partial charge in [0.05, 0.1) is 23.5 Å². The van der Waals surface area contributed by atoms with Crippen LogP contribution in [-0.4, -0.2) is 51.0 Å². The highest BCUT2D eigenvalue weighted by molar-refractivity contribution is 5.92. The Hall–Kier alpha value is -2.94. The molecule has 1 amide bonds. The molecule has 3 rings (SSSR count). The molecule has 1 unspecified atom stereocenters. The van der Waals surface area contributed by atoms with Gasteiger partial charge >= 0.3 is 6.09 Å². The Bertz CT molecular complexity index is 838. The predicted molar refractivity (Wildman–Crippen MR) is 87.6 cm³/mol. The smallest absolute Gasteiger partial charge is 0.410 e. The van der Waals surface area contributed by atoms with E-state index < -0.39 is 22.8 Å². The van der Waals surface area contributed by atoms with Gasteiger partial charge in [-0.25, -0.2) is 4.79 Å². The Balaban J connectivity index is 2.06. The number of morpholine rings is 1. The summed E-state index contributed by atoms with van der Waals surface area (Å²) in [4.78, 5) is 27.6. The lowest BCUT2D eigenvalue weighted by Gasteiger charge is -2.44. The van der Waals surface area contributed by atoms with E-state index in [4.69, 9.17) is 9.47 Å². The van der Waals surface area contributed by atoms with Crippen molar-refractivity contribution in [1.82, 2.24) is 9.88 Å². The maximum absolute atomic E-state index is 11.5. The van der Waals surface area contributed by atoms with Gasteiger partial charge in [0.25, 0.3) is 5.69 Å². The van der Waals surface area contributed by atoms with Gasteiger partial charge in [0, 0.05) is 12.3 Å². The second kappa shape index (κ2) is 6.17. The predicted octanol–water partition coefficient (Wildman–Crippen LogP) is 2.64. The standard InChI is InChI=1S/C16H17N3O6/c1-16(2)14(18(15(20)21)8-9-24-16)25-12-6-5-11(19(22)23)10-4-3-7-17-13(10)12/h3-7,14H,8-9H2,1-2H3,(H,20,21). The van der Waals surface area contributed by atoms with Crippen molar-refractivity contribution in [1.29, 1.82) is 0 Å². The van der Waals surface area contributed by atoms with Crippen LogP contribution in [0.1, 0.15) is 13.8 Å². The Labute approximate surface area is 142 Å². The molecule has 0 saturated carbocycles. The minimum atomic E-state index is -1.12. The van der Waals surface area contributed by atoms with E-state index >= 15 is 0 Å². The van der Waals surface area contributed by atoms with Crippen molar-refractivity contribution in [2.75, 3.05) is 13.2 Å². The second-order valence-electron chi connectivity index (χ2n) is 6.14. The molecule has 1 atom stereocenters. The van der Waals surface area contributed by atoms with Crippen LogP contribution in [0.25, 0.3) is 10.9 Å². The Morgan fingerprint density at radius 2 is 2.24 bits per heavy atom. The first-order valence-electron chi connectivity index (χ1n) is 7.63. The number of fused-ring (bicyclic) bond motifs is 1. The lowest BCUT2D eigenvalue weighted by Crippen LogP contribution is -2.61. The molecule has 2 heterocycles. The Morgan fingerprint density at radius 1 is 1.48 bits per heavy atom. The molecule has 1 aliphatic rings. The first kappa shape index (κ1) is 16.9. The molecular formula is C16H17N3O6. The molecule has 1 saturated heterocycles. The van der Waals surface area contributed by atoms with Gasteiger partial charge in [0.1, 0.15) is 16.9 Å². The molecule has 1 fully saturated rings. The average molecular weight is 347 g/mol. The molecule has 0 spiro atoms. The van der Waals surface area contributed by atoms with Crippen LogP contribution in [0.3, 0.4) is 0 Å². The number of benzene rings is 1. The lowest BCUT2D eigenvalue weighted by atomic mass is 10.0. The van der Waals surface area contributed by atoms with Crippen LogP contribution in [0, 0.1) is 10.1 Å². The van der Waals surface area contributed by atoms with Gasteiger partial charge in [-0.05, 0) is 32.0 Å². The van der Waals surface area contributed by atoms with Crippen LogP contribution in [-0.2, 0) is 4.74 Å². The number of nitro benzene ring substituents is 1. The number of nitrogens with zero attached hydrogens (tertiary/aromatic N) is 3. The average Bonchev–Trinajstić information content (AvgIpc) is 2.56. The number of hydrogen-bond acceptors (Lipinski definition) is 6. The Kier molecular flexibility index (Phi) is 4.17. The van der Waals surface area contributed by atoms with Gasteiger partial charge in [-0.2, -0.15) is 0 Å². The minimum absolute atomic E-state index is 0.0929. The third-order valence-corrected chi connectivity index (χ3v) is 4.07. The van der Waals surface area contributed by atoms with Gasteiger partial charge in [-0.1, -0.05) is 0 Å². The van der Waals surface area contributed by atoms with Gasteiger partial charge in [0.15, 0.2) is 0 Å². The SMILES string of the molecule is CC1(C)OCCN(C(=O)O)C1Oc1ccc([N+](=O)[O-])c2cccnc12. The van der Waals surface area contributed by atoms with Gasteiger partial charge in [-0.15, -0.1) is 0 Å². The third kappa shape index (κ3) is 3.05. The van der Waals surface area contributed by atoms with E-state index in [1.807, 2.05) is 0 Å². The van der Waals surface area contributed by atoms with Crippen LogP contribution in [0.5, 0.6) is 5.75 Å². The number of carboxylic acid groups (broad SMARTS) is 1. The van der Waals surface area contributed by atoms with E-state index in [9.17, 15) is 20.0 Å². The highest BCUT2D eigenvalue weighted by Crippen LogP contribution is 2.34. The summed E-state index contributed by atoms with van der Waals surface area (Å²) < 4.78 is 11.6. The van der Waals surface area contributed by atoms with E-state index in [1.165, 1.54) is 18.3 Å². The lowest BCUT2D eigenvalue weighted by molar-refractivity contribution is -0.383. The summed E-state index contributed by atoms with van der Waals surface area (Å²) in [5.74, 6) is 0.260. The largest absolute Gasteiger partial charge is 0.465 e. The van der Waals surface area contributed by atoms with Crippen LogP contribution in [0.4, 0.5) is 10.5 Å². The van der Waals surface area contributed by atoms with Crippen LogP contribution >= 0.6 is 0 Å². The number of hydrogen-bond donors (Lipinski definition) is 1. The van der Waals surface area contributed by atoms with E-state index in [1.54, 1.807) is 26.0 Å². The number of rotatable bonds is 3. The molecule has 9 nitrogen and oxygen atoms in total. The summed E-state index contributed by atoms with van der Waals surface area (Å²) in [6.45, 7) is 3.89. The summed E-state index contributed by atoms with van der Waals surface area (Å²) in [7, 11) is 0. The van der Waals surface area contributed by atoms with Crippen molar-refractivity contribution in [2.24, 2.45) is 0 Å². The van der Waals surface area contributed by atoms with Crippen molar-refractivity contribution in [2.45, 2.75) is 25.7 Å². The molecule has 25 heavy (non-hydrogen) atoms. The summed E-state index contributed by atoms with van der Waals surface area (Å²) in [5.41, 5.74) is -0.687. The van der Waals surface area contributed by atoms with Crippen LogP contribution in [0.15, 0.2) is 30.5 Å². The Morgan fingerprint density at radius 3 is 2.92 bits per heavy atom. The normalized spacial score (nSPS) is 19.6. The van der Waals surface area contributed by atoms with Gasteiger partial charge in [-0.3, -0.25) is 20.0 Å². The van der Waals surface area contributed by atoms with E-state index in [0.29, 0.717) is 10.9 Å². The van der Waals surface area contributed by atoms with Crippen molar-refractivity contribution in [3.05, 3.63) is 40.6 Å². The van der Waals surface area contributed by atoms with Crippen molar-refractivity contribution in [3.8, 4) is 5.75 Å². The molecule has 2 aromatic rings. The monoisotopic (exact) mass is 347 g/mol. The second-order valence-corrected chi connectivity index (χ2v) is 6.14. The van der Waals surface area contributed by atoms with Crippen LogP contribution < -0.4 is 4.74 Å². The summed E-state index contributed by atoms with van der Waals surface area (Å²) in [6, 6.07) is 5.92. The molecule has 132 valence electrons. The molecule has 0 aliphatic carbocycles. The topological polar surface area (TPSA) is 115 Å². The molecule has 0 bridgehead atoms. The fraction of sp³-hybridized carbons (Fsp3) is 0.375. The number of amides is 1. The van der Waals surface area contributed by atoms with Crippen molar-refractivity contribution in [3.63, 3.8) is 0 Å². The molecular weight excluding hydrogens is 330 g/mol. The van der Waals surface area contributed by atoms with Crippen molar-refractivity contribution >= 4 is 22.7 Å². The molecule has 1 aromatic heterocycles. The number of nitro groups is 1. The van der Waals surface area contributed by atoms with E-state index in [-0.39, 0.29) is 24.6 Å². The molecule has 1 N–H and O–H groups in total. The number of pyridine rings is 1. The van der Waals surface area contributed by atoms with E-state index in [0.717, 1.165) is 4.90 Å². The highest BCUT2D eigenvalue weighted by Gasteiger charge is 2.43. The molecule has 0 radical (unpaired) electrons. The summed E-state index contributed by atoms with van der Waals surface area (Å²) in [6.07, 6.45) is -0.540. The van der Waals surface area contributed by atoms with Crippen molar-refractivity contribution < 1.29 is 24.3 Å². The number of carbonyl (C=O) groups is 1. The minimum Gasteiger partial charge on any atom is -0.465 e. The third-order valence-electron chi connectivity index (χ3n) is 4.07. The maximum atomic E-state index is 11.5. The highest BCUT2D eigenvalue weighted by atomic mass is 16.6. The zero-order valence-electron chi connectivity index (χ0n) is 13.7. The van der Waals surface area contributed by atoms with E-state index in [2.05, 4.69) is 4.98 Å². The molecule has 9 heteroatoms. The molecule has 1 aliphatic heterocycles. The number of aromatic nitrogens is 1. The zero-order valence-corrected chi connectivity index (χ0v) is 13.7. The first-order chi connectivity index (χ1) is 11.8. The maximum Gasteiger partial charge on any atom is 0.410 e. The van der Waals surface area contributed by atoms with Gasteiger partial charge in [0.2, 0.25) is 6.23 Å². The fourth-order valence-corrected chi connectivity index (χ4v) is 2.88. The summed E-state index contributed by atoms with van der Waals surface area (Å²) in [5, 5.41) is 20.9. The quantitative estimate of drug-likeness (QED) is 0.670. The number of ether oxygens (including phenoxy) is 2. The zero-order chi connectivity index (χ0) is 18.2.